The van der Waals surface area contributed by atoms with Crippen molar-refractivity contribution in [2.24, 2.45) is 0 Å². The van der Waals surface area contributed by atoms with Gasteiger partial charge in [0.05, 0.1) is 11.9 Å². The van der Waals surface area contributed by atoms with Gasteiger partial charge in [0.25, 0.3) is 0 Å². The maximum absolute atomic E-state index is 4.00. The largest absolute Gasteiger partial charge is 0.343 e. The van der Waals surface area contributed by atoms with Crippen LogP contribution in [-0.4, -0.2) is 0 Å². The Bertz CT molecular complexity index is 408. The van der Waals surface area contributed by atoms with Crippen LogP contribution in [-0.2, 0) is 20.1 Å². The van der Waals surface area contributed by atoms with Crippen molar-refractivity contribution in [2.45, 2.75) is 0 Å². The number of rotatable bonds is 1. The predicted molar refractivity (Wildman–Crippen MR) is 57.3 cm³/mol. The molecule has 0 unspecified atom stereocenters. The van der Waals surface area contributed by atoms with Crippen LogP contribution in [0.25, 0.3) is 11.3 Å². The van der Waals surface area contributed by atoms with Crippen molar-refractivity contribution in [3.63, 3.8) is 0 Å². The third-order valence-electron chi connectivity index (χ3n) is 2.23. The minimum Gasteiger partial charge on any atom is -0.343 e. The second kappa shape index (κ2) is 5.01. The molecule has 1 heterocycles. The van der Waals surface area contributed by atoms with Crippen LogP contribution in [0.2, 0.25) is 0 Å². The van der Waals surface area contributed by atoms with E-state index in [1.807, 2.05) is 47.2 Å². The van der Waals surface area contributed by atoms with E-state index in [0.29, 0.717) is 0 Å². The topological polar surface area (TPSA) is 3.88 Å². The van der Waals surface area contributed by atoms with Crippen LogP contribution in [0.3, 0.4) is 0 Å². The summed E-state index contributed by atoms with van der Waals surface area (Å²) in [5, 5.41) is 0. The summed E-state index contributed by atoms with van der Waals surface area (Å²) in [5.74, 6) is 0. The molecule has 2 rings (SSSR count). The van der Waals surface area contributed by atoms with Gasteiger partial charge in [0.1, 0.15) is 0 Å². The second-order valence-corrected chi connectivity index (χ2v) is 3.21. The van der Waals surface area contributed by atoms with Gasteiger partial charge in [-0.1, -0.05) is 24.3 Å². The molecule has 0 saturated heterocycles. The number of hydrogen-bond donors (Lipinski definition) is 0. The van der Waals surface area contributed by atoms with Crippen LogP contribution in [0, 0.1) is 14.0 Å². The van der Waals surface area contributed by atoms with E-state index in [2.05, 4.69) is 20.0 Å². The molecule has 1 aromatic carbocycles. The Morgan fingerprint density at radius 3 is 2.27 bits per heavy atom. The summed E-state index contributed by atoms with van der Waals surface area (Å²) in [6.45, 7) is 4.00. The summed E-state index contributed by atoms with van der Waals surface area (Å²) in [6, 6.07) is 14.1. The quantitative estimate of drug-likeness (QED) is 0.533. The van der Waals surface area contributed by atoms with Crippen molar-refractivity contribution in [1.82, 2.24) is 0 Å². The second-order valence-electron chi connectivity index (χ2n) is 3.21. The molecule has 0 fully saturated rings. The molecule has 1 radical (unpaired) electrons. The summed E-state index contributed by atoms with van der Waals surface area (Å²) in [5.41, 5.74) is 3.23. The zero-order valence-electron chi connectivity index (χ0n) is 8.31. The van der Waals surface area contributed by atoms with Crippen molar-refractivity contribution >= 4 is 0 Å². The normalized spacial score (nSPS) is 9.33. The number of pyridine rings is 1. The van der Waals surface area contributed by atoms with Gasteiger partial charge in [-0.3, -0.25) is 0 Å². The molecule has 1 aromatic heterocycles. The van der Waals surface area contributed by atoms with E-state index in [1.165, 1.54) is 0 Å². The van der Waals surface area contributed by atoms with Gasteiger partial charge in [-0.05, 0) is 0 Å². The smallest absolute Gasteiger partial charge is 0.0686 e. The standard InChI is InChI=1S/C13H12N.Ir/c1-11-7-3-4-8-12(11)13-9-5-6-10-14(13)2;/h3-10H,1-2H2;/q-1;. The van der Waals surface area contributed by atoms with Crippen molar-refractivity contribution in [3.05, 3.63) is 68.2 Å². The fourth-order valence-corrected chi connectivity index (χ4v) is 1.49. The first-order valence-electron chi connectivity index (χ1n) is 4.52. The Morgan fingerprint density at radius 1 is 0.933 bits per heavy atom. The van der Waals surface area contributed by atoms with Crippen LogP contribution in [0.5, 0.6) is 0 Å². The van der Waals surface area contributed by atoms with Gasteiger partial charge in [0.2, 0.25) is 0 Å². The number of aromatic nitrogens is 1. The fourth-order valence-electron chi connectivity index (χ4n) is 1.49. The number of nitrogens with zero attached hydrogens (tertiary/aromatic N) is 1. The van der Waals surface area contributed by atoms with E-state index in [0.717, 1.165) is 16.8 Å². The van der Waals surface area contributed by atoms with Gasteiger partial charge in [0.15, 0.2) is 0 Å². The molecule has 79 valence electrons. The van der Waals surface area contributed by atoms with E-state index in [4.69, 9.17) is 0 Å². The Kier molecular flexibility index (Phi) is 3.95. The third-order valence-corrected chi connectivity index (χ3v) is 2.23. The van der Waals surface area contributed by atoms with Crippen molar-refractivity contribution < 1.29 is 24.7 Å². The minimum atomic E-state index is 0. The maximum Gasteiger partial charge on any atom is 0.0686 e. The molecule has 0 aliphatic rings. The summed E-state index contributed by atoms with van der Waals surface area (Å²) < 4.78 is 1.85. The molecule has 2 aromatic rings. The van der Waals surface area contributed by atoms with E-state index in [-0.39, 0.29) is 20.1 Å². The molecular formula is C13H12IrN-. The molecule has 0 N–H and O–H groups in total. The zero-order valence-corrected chi connectivity index (χ0v) is 10.7. The first-order chi connectivity index (χ1) is 6.79. The molecule has 0 spiro atoms. The summed E-state index contributed by atoms with van der Waals surface area (Å²) in [6.07, 6.45) is 1.93. The SMILES string of the molecule is [CH2-]c1ccccc1-c1cccc[n+]1[CH2-].[Ir]. The first-order valence-corrected chi connectivity index (χ1v) is 4.52. The molecule has 0 amide bonds. The molecule has 0 aliphatic heterocycles. The van der Waals surface area contributed by atoms with Gasteiger partial charge in [-0.25, -0.2) is 0 Å². The summed E-state index contributed by atoms with van der Waals surface area (Å²) >= 11 is 0. The van der Waals surface area contributed by atoms with Crippen molar-refractivity contribution in [1.29, 1.82) is 0 Å². The number of benzene rings is 1. The molecule has 2 heteroatoms. The van der Waals surface area contributed by atoms with Crippen LogP contribution in [0.1, 0.15) is 5.56 Å². The van der Waals surface area contributed by atoms with Crippen LogP contribution in [0.4, 0.5) is 0 Å². The average molecular weight is 374 g/mol. The molecule has 0 aliphatic carbocycles. The van der Waals surface area contributed by atoms with Gasteiger partial charge in [0, 0.05) is 27.2 Å². The Morgan fingerprint density at radius 2 is 1.60 bits per heavy atom. The Hall–Kier alpha value is -1.24. The third kappa shape index (κ3) is 2.41. The van der Waals surface area contributed by atoms with Crippen LogP contribution >= 0.6 is 0 Å². The molecular weight excluding hydrogens is 362 g/mol. The summed E-state index contributed by atoms with van der Waals surface area (Å²) in [7, 11) is 3.93. The molecule has 0 bridgehead atoms. The Balaban J connectivity index is 0.00000112. The predicted octanol–water partition coefficient (Wildman–Crippen LogP) is 2.46. The van der Waals surface area contributed by atoms with Gasteiger partial charge in [-0.15, -0.1) is 17.7 Å². The Labute approximate surface area is 104 Å². The van der Waals surface area contributed by atoms with Crippen molar-refractivity contribution in [3.8, 4) is 11.3 Å². The van der Waals surface area contributed by atoms with Crippen LogP contribution in [0.15, 0.2) is 48.7 Å². The van der Waals surface area contributed by atoms with Gasteiger partial charge in [-0.2, -0.15) is 18.6 Å². The molecule has 1 nitrogen and oxygen atoms in total. The van der Waals surface area contributed by atoms with E-state index >= 15 is 0 Å². The van der Waals surface area contributed by atoms with Crippen molar-refractivity contribution in [2.75, 3.05) is 0 Å². The van der Waals surface area contributed by atoms with E-state index < -0.39 is 0 Å². The van der Waals surface area contributed by atoms with Gasteiger partial charge >= 0.3 is 0 Å². The zero-order chi connectivity index (χ0) is 9.97. The van der Waals surface area contributed by atoms with Gasteiger partial charge < -0.3 is 4.57 Å². The summed E-state index contributed by atoms with van der Waals surface area (Å²) in [4.78, 5) is 0. The fraction of sp³-hybridized carbons (Fsp3) is 0. The molecule has 0 atom stereocenters. The first kappa shape index (κ1) is 11.8. The van der Waals surface area contributed by atoms with E-state index in [1.54, 1.807) is 0 Å². The molecule has 15 heavy (non-hydrogen) atoms. The average Bonchev–Trinajstić information content (AvgIpc) is 2.20. The monoisotopic (exact) mass is 375 g/mol. The minimum absolute atomic E-state index is 0. The molecule has 0 saturated carbocycles. The maximum atomic E-state index is 4.00. The van der Waals surface area contributed by atoms with E-state index in [9.17, 15) is 0 Å². The number of hydrogen-bond acceptors (Lipinski definition) is 0. The van der Waals surface area contributed by atoms with Crippen LogP contribution < -0.4 is 4.57 Å².